The van der Waals surface area contributed by atoms with Crippen molar-refractivity contribution in [2.24, 2.45) is 0 Å². The van der Waals surface area contributed by atoms with Gasteiger partial charge in [-0.15, -0.1) is 0 Å². The van der Waals surface area contributed by atoms with E-state index < -0.39 is 0 Å². The molecular weight excluding hydrogens is 366 g/mol. The summed E-state index contributed by atoms with van der Waals surface area (Å²) in [5.74, 6) is 0.312. The quantitative estimate of drug-likeness (QED) is 0.630. The van der Waals surface area contributed by atoms with Gasteiger partial charge in [-0.25, -0.2) is 4.98 Å². The van der Waals surface area contributed by atoms with Crippen LogP contribution in [0.3, 0.4) is 0 Å². The summed E-state index contributed by atoms with van der Waals surface area (Å²) < 4.78 is 11.7. The standard InChI is InChI=1S/C19H21N3O4S/c1-12(7-8-17(23)26-3)20-18(24)16-11-22-10-15(21-19(22)27-16)13-5-4-6-14(9-13)25-2/h4-6,9-12H,7-8H2,1-3H3,(H,20,24). The summed E-state index contributed by atoms with van der Waals surface area (Å²) in [4.78, 5) is 29.5. The summed E-state index contributed by atoms with van der Waals surface area (Å²) in [6.07, 6.45) is 4.45. The minimum atomic E-state index is -0.282. The molecule has 0 fully saturated rings. The summed E-state index contributed by atoms with van der Waals surface area (Å²) in [6.45, 7) is 1.86. The van der Waals surface area contributed by atoms with Crippen LogP contribution in [0.5, 0.6) is 5.75 Å². The maximum atomic E-state index is 12.4. The van der Waals surface area contributed by atoms with Gasteiger partial charge in [-0.1, -0.05) is 23.5 Å². The summed E-state index contributed by atoms with van der Waals surface area (Å²) >= 11 is 1.32. The van der Waals surface area contributed by atoms with Gasteiger partial charge in [-0.2, -0.15) is 0 Å². The summed E-state index contributed by atoms with van der Waals surface area (Å²) in [6, 6.07) is 7.55. The van der Waals surface area contributed by atoms with Gasteiger partial charge in [0.05, 0.1) is 19.9 Å². The molecule has 7 nitrogen and oxygen atoms in total. The van der Waals surface area contributed by atoms with Gasteiger partial charge < -0.3 is 14.8 Å². The molecule has 1 N–H and O–H groups in total. The van der Waals surface area contributed by atoms with Gasteiger partial charge in [0.1, 0.15) is 10.6 Å². The second kappa shape index (κ2) is 8.22. The van der Waals surface area contributed by atoms with E-state index in [1.165, 1.54) is 18.4 Å². The van der Waals surface area contributed by atoms with Crippen molar-refractivity contribution in [3.63, 3.8) is 0 Å². The van der Waals surface area contributed by atoms with Crippen molar-refractivity contribution in [3.05, 3.63) is 41.5 Å². The molecule has 0 radical (unpaired) electrons. The summed E-state index contributed by atoms with van der Waals surface area (Å²) in [5.41, 5.74) is 1.77. The van der Waals surface area contributed by atoms with Crippen molar-refractivity contribution in [2.45, 2.75) is 25.8 Å². The molecule has 0 spiro atoms. The smallest absolute Gasteiger partial charge is 0.305 e. The van der Waals surface area contributed by atoms with E-state index in [0.717, 1.165) is 22.0 Å². The van der Waals surface area contributed by atoms with Gasteiger partial charge in [0.25, 0.3) is 5.91 Å². The van der Waals surface area contributed by atoms with E-state index in [-0.39, 0.29) is 24.3 Å². The minimum Gasteiger partial charge on any atom is -0.497 e. The Balaban J connectivity index is 1.69. The van der Waals surface area contributed by atoms with Crippen LogP contribution >= 0.6 is 11.3 Å². The maximum Gasteiger partial charge on any atom is 0.305 e. The third kappa shape index (κ3) is 4.46. The zero-order chi connectivity index (χ0) is 19.4. The Kier molecular flexibility index (Phi) is 5.75. The highest BCUT2D eigenvalue weighted by Crippen LogP contribution is 2.26. The van der Waals surface area contributed by atoms with E-state index >= 15 is 0 Å². The molecule has 142 valence electrons. The van der Waals surface area contributed by atoms with Crippen LogP contribution in [0.25, 0.3) is 16.2 Å². The number of carbonyl (C=O) groups is 2. The van der Waals surface area contributed by atoms with Crippen LogP contribution in [0, 0.1) is 0 Å². The molecule has 0 aliphatic rings. The molecule has 8 heteroatoms. The fraction of sp³-hybridized carbons (Fsp3) is 0.316. The van der Waals surface area contributed by atoms with E-state index in [4.69, 9.17) is 4.74 Å². The van der Waals surface area contributed by atoms with E-state index in [2.05, 4.69) is 15.0 Å². The highest BCUT2D eigenvalue weighted by molar-refractivity contribution is 7.18. The molecule has 1 aromatic carbocycles. The number of ether oxygens (including phenoxy) is 2. The number of nitrogens with one attached hydrogen (secondary N) is 1. The van der Waals surface area contributed by atoms with Crippen molar-refractivity contribution in [1.82, 2.24) is 14.7 Å². The minimum absolute atomic E-state index is 0.127. The Morgan fingerprint density at radius 3 is 2.81 bits per heavy atom. The van der Waals surface area contributed by atoms with Crippen LogP contribution in [0.1, 0.15) is 29.4 Å². The number of thiazole rings is 1. The topological polar surface area (TPSA) is 81.9 Å². The third-order valence-corrected chi connectivity index (χ3v) is 5.13. The Labute approximate surface area is 160 Å². The molecule has 0 bridgehead atoms. The van der Waals surface area contributed by atoms with Gasteiger partial charge in [-0.05, 0) is 25.5 Å². The second-order valence-corrected chi connectivity index (χ2v) is 7.14. The largest absolute Gasteiger partial charge is 0.497 e. The summed E-state index contributed by atoms with van der Waals surface area (Å²) in [7, 11) is 2.98. The molecule has 27 heavy (non-hydrogen) atoms. The molecular formula is C19H21N3O4S. The number of fused-ring (bicyclic) bond motifs is 1. The lowest BCUT2D eigenvalue weighted by molar-refractivity contribution is -0.140. The van der Waals surface area contributed by atoms with Crippen LogP contribution in [-0.4, -0.2) is 41.5 Å². The molecule has 3 rings (SSSR count). The monoisotopic (exact) mass is 387 g/mol. The van der Waals surface area contributed by atoms with Gasteiger partial charge in [0, 0.05) is 30.4 Å². The number of hydrogen-bond donors (Lipinski definition) is 1. The van der Waals surface area contributed by atoms with Crippen LogP contribution in [0.2, 0.25) is 0 Å². The van der Waals surface area contributed by atoms with Crippen LogP contribution in [0.4, 0.5) is 0 Å². The highest BCUT2D eigenvalue weighted by Gasteiger charge is 2.16. The molecule has 1 amide bonds. The zero-order valence-corrected chi connectivity index (χ0v) is 16.2. The Bertz CT molecular complexity index is 931. The van der Waals surface area contributed by atoms with Crippen molar-refractivity contribution in [3.8, 4) is 17.0 Å². The number of esters is 1. The second-order valence-electron chi connectivity index (χ2n) is 6.13. The Hall–Kier alpha value is -2.87. The van der Waals surface area contributed by atoms with E-state index in [1.54, 1.807) is 13.3 Å². The molecule has 0 aliphatic heterocycles. The molecule has 3 aromatic rings. The fourth-order valence-corrected chi connectivity index (χ4v) is 3.50. The van der Waals surface area contributed by atoms with Gasteiger partial charge in [0.15, 0.2) is 4.96 Å². The molecule has 2 heterocycles. The first-order valence-electron chi connectivity index (χ1n) is 8.51. The number of hydrogen-bond acceptors (Lipinski definition) is 6. The number of amides is 1. The van der Waals surface area contributed by atoms with Crippen LogP contribution in [0.15, 0.2) is 36.7 Å². The van der Waals surface area contributed by atoms with Crippen molar-refractivity contribution in [1.29, 1.82) is 0 Å². The SMILES string of the molecule is COC(=O)CCC(C)NC(=O)c1cn2cc(-c3cccc(OC)c3)nc2s1. The van der Waals surface area contributed by atoms with E-state index in [9.17, 15) is 9.59 Å². The van der Waals surface area contributed by atoms with Crippen LogP contribution in [-0.2, 0) is 9.53 Å². The van der Waals surface area contributed by atoms with E-state index in [1.807, 2.05) is 41.8 Å². The number of nitrogens with zero attached hydrogens (tertiary/aromatic N) is 2. The van der Waals surface area contributed by atoms with Gasteiger partial charge in [0.2, 0.25) is 0 Å². The molecule has 2 aromatic heterocycles. The molecule has 1 atom stereocenters. The highest BCUT2D eigenvalue weighted by atomic mass is 32.1. The number of carbonyl (C=O) groups excluding carboxylic acids is 2. The third-order valence-electron chi connectivity index (χ3n) is 4.13. The zero-order valence-electron chi connectivity index (χ0n) is 15.4. The first-order chi connectivity index (χ1) is 13.0. The number of imidazole rings is 1. The van der Waals surface area contributed by atoms with Crippen LogP contribution < -0.4 is 10.1 Å². The Morgan fingerprint density at radius 1 is 1.30 bits per heavy atom. The lowest BCUT2D eigenvalue weighted by atomic mass is 10.1. The number of methoxy groups -OCH3 is 2. The average Bonchev–Trinajstić information content (AvgIpc) is 3.25. The average molecular weight is 387 g/mol. The Morgan fingerprint density at radius 2 is 2.11 bits per heavy atom. The molecule has 0 aliphatic carbocycles. The molecule has 1 unspecified atom stereocenters. The predicted molar refractivity (Wildman–Crippen MR) is 103 cm³/mol. The number of rotatable bonds is 7. The lowest BCUT2D eigenvalue weighted by Crippen LogP contribution is -2.32. The van der Waals surface area contributed by atoms with Crippen molar-refractivity contribution < 1.29 is 19.1 Å². The predicted octanol–water partition coefficient (Wildman–Crippen LogP) is 3.14. The van der Waals surface area contributed by atoms with Crippen molar-refractivity contribution >= 4 is 28.2 Å². The first-order valence-corrected chi connectivity index (χ1v) is 9.32. The molecule has 0 saturated heterocycles. The van der Waals surface area contributed by atoms with E-state index in [0.29, 0.717) is 11.3 Å². The fourth-order valence-electron chi connectivity index (χ4n) is 2.63. The van der Waals surface area contributed by atoms with Gasteiger partial charge >= 0.3 is 5.97 Å². The number of aromatic nitrogens is 2. The molecule has 0 saturated carbocycles. The lowest BCUT2D eigenvalue weighted by Gasteiger charge is -2.11. The van der Waals surface area contributed by atoms with Crippen molar-refractivity contribution in [2.75, 3.05) is 14.2 Å². The normalized spacial score (nSPS) is 12.0. The maximum absolute atomic E-state index is 12.4. The van der Waals surface area contributed by atoms with Gasteiger partial charge in [-0.3, -0.25) is 14.0 Å². The summed E-state index contributed by atoms with van der Waals surface area (Å²) in [5, 5.41) is 2.89. The number of benzene rings is 1. The first kappa shape index (κ1) is 18.9.